The van der Waals surface area contributed by atoms with Crippen LogP contribution < -0.4 is 0 Å². The number of rotatable bonds is 2. The van der Waals surface area contributed by atoms with E-state index in [-0.39, 0.29) is 10.6 Å². The molecular weight excluding hydrogens is 263 g/mol. The van der Waals surface area contributed by atoms with E-state index in [0.29, 0.717) is 11.1 Å². The highest BCUT2D eigenvalue weighted by Gasteiger charge is 2.22. The molecule has 1 unspecified atom stereocenters. The van der Waals surface area contributed by atoms with Gasteiger partial charge in [0.1, 0.15) is 11.7 Å². The number of hydrogen-bond donors (Lipinski definition) is 0. The van der Waals surface area contributed by atoms with Crippen molar-refractivity contribution in [2.75, 3.05) is 0 Å². The predicted molar refractivity (Wildman–Crippen MR) is 70.0 cm³/mol. The zero-order valence-corrected chi connectivity index (χ0v) is 10.5. The zero-order valence-electron chi connectivity index (χ0n) is 9.77. The van der Waals surface area contributed by atoms with E-state index in [1.54, 1.807) is 24.3 Å². The molecular formula is C15H8ClFN2. The topological polar surface area (TPSA) is 47.6 Å². The molecule has 0 aliphatic carbocycles. The fourth-order valence-electron chi connectivity index (χ4n) is 1.93. The predicted octanol–water partition coefficient (Wildman–Crippen LogP) is 4.01. The lowest BCUT2D eigenvalue weighted by molar-refractivity contribution is 0.609. The van der Waals surface area contributed by atoms with E-state index in [4.69, 9.17) is 16.9 Å². The SMILES string of the molecule is N#Cc1ccccc1C(C#N)c1c(F)cccc1Cl. The maximum absolute atomic E-state index is 13.9. The molecule has 2 aromatic rings. The number of nitrogens with zero attached hydrogens (tertiary/aromatic N) is 2. The van der Waals surface area contributed by atoms with Crippen molar-refractivity contribution in [3.8, 4) is 12.1 Å². The summed E-state index contributed by atoms with van der Waals surface area (Å²) in [6.45, 7) is 0. The van der Waals surface area contributed by atoms with Gasteiger partial charge in [-0.05, 0) is 23.8 Å². The van der Waals surface area contributed by atoms with Gasteiger partial charge in [0.05, 0.1) is 17.7 Å². The molecule has 2 rings (SSSR count). The summed E-state index contributed by atoms with van der Waals surface area (Å²) in [7, 11) is 0. The van der Waals surface area contributed by atoms with E-state index in [9.17, 15) is 9.65 Å². The summed E-state index contributed by atoms with van der Waals surface area (Å²) in [5.41, 5.74) is 0.905. The van der Waals surface area contributed by atoms with Crippen molar-refractivity contribution in [1.82, 2.24) is 0 Å². The van der Waals surface area contributed by atoms with Gasteiger partial charge in [-0.1, -0.05) is 35.9 Å². The fraction of sp³-hybridized carbons (Fsp3) is 0.0667. The quantitative estimate of drug-likeness (QED) is 0.828. The molecule has 0 aliphatic rings. The third-order valence-corrected chi connectivity index (χ3v) is 3.14. The molecule has 0 aliphatic heterocycles. The first kappa shape index (κ1) is 13.1. The first-order chi connectivity index (χ1) is 9.19. The maximum atomic E-state index is 13.9. The van der Waals surface area contributed by atoms with Gasteiger partial charge in [0, 0.05) is 10.6 Å². The van der Waals surface area contributed by atoms with E-state index in [2.05, 4.69) is 0 Å². The van der Waals surface area contributed by atoms with E-state index in [1.165, 1.54) is 18.2 Å². The van der Waals surface area contributed by atoms with Crippen molar-refractivity contribution in [2.45, 2.75) is 5.92 Å². The number of nitriles is 2. The van der Waals surface area contributed by atoms with Crippen LogP contribution in [-0.2, 0) is 0 Å². The molecule has 0 amide bonds. The minimum absolute atomic E-state index is 0.106. The summed E-state index contributed by atoms with van der Waals surface area (Å²) in [6.07, 6.45) is 0. The Morgan fingerprint density at radius 2 is 1.79 bits per heavy atom. The average molecular weight is 271 g/mol. The van der Waals surface area contributed by atoms with Crippen molar-refractivity contribution in [3.05, 3.63) is 70.0 Å². The van der Waals surface area contributed by atoms with E-state index < -0.39 is 11.7 Å². The Morgan fingerprint density at radius 3 is 2.42 bits per heavy atom. The summed E-state index contributed by atoms with van der Waals surface area (Å²) < 4.78 is 13.9. The molecule has 2 nitrogen and oxygen atoms in total. The Kier molecular flexibility index (Phi) is 3.80. The number of halogens is 2. The largest absolute Gasteiger partial charge is 0.207 e. The van der Waals surface area contributed by atoms with Gasteiger partial charge in [0.2, 0.25) is 0 Å². The summed E-state index contributed by atoms with van der Waals surface area (Å²) >= 11 is 5.97. The zero-order chi connectivity index (χ0) is 13.8. The van der Waals surface area contributed by atoms with Gasteiger partial charge < -0.3 is 0 Å². The molecule has 0 saturated heterocycles. The summed E-state index contributed by atoms with van der Waals surface area (Å²) in [6, 6.07) is 14.9. The van der Waals surface area contributed by atoms with Gasteiger partial charge in [-0.25, -0.2) is 4.39 Å². The van der Waals surface area contributed by atoms with Gasteiger partial charge in [-0.15, -0.1) is 0 Å². The van der Waals surface area contributed by atoms with Crippen LogP contribution in [0.1, 0.15) is 22.6 Å². The Labute approximate surface area is 115 Å². The van der Waals surface area contributed by atoms with Crippen LogP contribution in [0.15, 0.2) is 42.5 Å². The van der Waals surface area contributed by atoms with Crippen LogP contribution in [0.25, 0.3) is 0 Å². The van der Waals surface area contributed by atoms with Gasteiger partial charge >= 0.3 is 0 Å². The van der Waals surface area contributed by atoms with Crippen LogP contribution in [0.2, 0.25) is 5.02 Å². The standard InChI is InChI=1S/C15H8ClFN2/c16-13-6-3-7-14(17)15(13)12(9-19)11-5-2-1-4-10(11)8-18/h1-7,12H. The first-order valence-corrected chi connectivity index (χ1v) is 5.89. The van der Waals surface area contributed by atoms with Crippen LogP contribution in [0.4, 0.5) is 4.39 Å². The highest BCUT2D eigenvalue weighted by atomic mass is 35.5. The van der Waals surface area contributed by atoms with Gasteiger partial charge in [0.15, 0.2) is 0 Å². The molecule has 2 aromatic carbocycles. The second-order valence-corrected chi connectivity index (χ2v) is 4.30. The number of hydrogen-bond acceptors (Lipinski definition) is 2. The van der Waals surface area contributed by atoms with Gasteiger partial charge in [-0.2, -0.15) is 10.5 Å². The van der Waals surface area contributed by atoms with Crippen molar-refractivity contribution < 1.29 is 4.39 Å². The minimum Gasteiger partial charge on any atom is -0.207 e. The summed E-state index contributed by atoms with van der Waals surface area (Å²) in [5, 5.41) is 18.6. The third-order valence-electron chi connectivity index (χ3n) is 2.81. The lowest BCUT2D eigenvalue weighted by Crippen LogP contribution is -2.04. The second kappa shape index (κ2) is 5.52. The molecule has 92 valence electrons. The van der Waals surface area contributed by atoms with Crippen LogP contribution in [-0.4, -0.2) is 0 Å². The lowest BCUT2D eigenvalue weighted by Gasteiger charge is -2.13. The van der Waals surface area contributed by atoms with Crippen LogP contribution in [0.3, 0.4) is 0 Å². The van der Waals surface area contributed by atoms with Crippen molar-refractivity contribution >= 4 is 11.6 Å². The summed E-state index contributed by atoms with van der Waals surface area (Å²) in [4.78, 5) is 0. The van der Waals surface area contributed by atoms with E-state index in [1.807, 2.05) is 12.1 Å². The van der Waals surface area contributed by atoms with E-state index >= 15 is 0 Å². The highest BCUT2D eigenvalue weighted by Crippen LogP contribution is 2.33. The second-order valence-electron chi connectivity index (χ2n) is 3.90. The monoisotopic (exact) mass is 270 g/mol. The molecule has 0 heterocycles. The smallest absolute Gasteiger partial charge is 0.129 e. The molecule has 1 atom stereocenters. The van der Waals surface area contributed by atoms with Crippen LogP contribution in [0.5, 0.6) is 0 Å². The third kappa shape index (κ3) is 2.42. The van der Waals surface area contributed by atoms with Crippen molar-refractivity contribution in [1.29, 1.82) is 10.5 Å². The molecule has 0 bridgehead atoms. The maximum Gasteiger partial charge on any atom is 0.129 e. The molecule has 0 fully saturated rings. The van der Waals surface area contributed by atoms with Crippen LogP contribution in [0, 0.1) is 28.5 Å². The number of benzene rings is 2. The minimum atomic E-state index is -0.899. The van der Waals surface area contributed by atoms with E-state index in [0.717, 1.165) is 0 Å². The van der Waals surface area contributed by atoms with Crippen molar-refractivity contribution in [2.24, 2.45) is 0 Å². The molecule has 19 heavy (non-hydrogen) atoms. The first-order valence-electron chi connectivity index (χ1n) is 5.51. The molecule has 0 radical (unpaired) electrons. The molecule has 0 spiro atoms. The molecule has 0 aromatic heterocycles. The Balaban J connectivity index is 2.65. The Hall–Kier alpha value is -2.36. The summed E-state index contributed by atoms with van der Waals surface area (Å²) in [5.74, 6) is -1.45. The van der Waals surface area contributed by atoms with Gasteiger partial charge in [-0.3, -0.25) is 0 Å². The fourth-order valence-corrected chi connectivity index (χ4v) is 2.20. The van der Waals surface area contributed by atoms with Crippen molar-refractivity contribution in [3.63, 3.8) is 0 Å². The highest BCUT2D eigenvalue weighted by molar-refractivity contribution is 6.31. The Bertz CT molecular complexity index is 678. The normalized spacial score (nSPS) is 11.4. The van der Waals surface area contributed by atoms with Crippen LogP contribution >= 0.6 is 11.6 Å². The lowest BCUT2D eigenvalue weighted by atomic mass is 9.89. The Morgan fingerprint density at radius 1 is 1.05 bits per heavy atom. The van der Waals surface area contributed by atoms with Gasteiger partial charge in [0.25, 0.3) is 0 Å². The molecule has 4 heteroatoms. The molecule has 0 saturated carbocycles. The molecule has 0 N–H and O–H groups in total. The average Bonchev–Trinajstić information content (AvgIpc) is 2.43.